The number of halogens is 2. The zero-order chi connectivity index (χ0) is 19.7. The van der Waals surface area contributed by atoms with Gasteiger partial charge in [0, 0.05) is 6.54 Å². The molecule has 0 aromatic heterocycles. The molecule has 7 heteroatoms. The van der Waals surface area contributed by atoms with E-state index in [0.717, 1.165) is 12.1 Å². The van der Waals surface area contributed by atoms with Crippen molar-refractivity contribution >= 4 is 12.0 Å². The Kier molecular flexibility index (Phi) is 5.58. The van der Waals surface area contributed by atoms with Crippen LogP contribution in [-0.2, 0) is 9.53 Å². The molecule has 2 rings (SSSR count). The molecule has 5 nitrogen and oxygen atoms in total. The average molecular weight is 368 g/mol. The molecule has 0 aliphatic carbocycles. The van der Waals surface area contributed by atoms with Crippen molar-refractivity contribution in [1.29, 1.82) is 0 Å². The number of carbonyl (C=O) groups excluding carboxylic acids is 2. The number of nitrogens with zero attached hydrogens (tertiary/aromatic N) is 1. The molecule has 1 heterocycles. The second kappa shape index (κ2) is 7.21. The maximum Gasteiger partial charge on any atom is 0.411 e. The molecule has 2 atom stereocenters. The van der Waals surface area contributed by atoms with E-state index in [2.05, 4.69) is 5.32 Å². The molecule has 0 unspecified atom stereocenters. The van der Waals surface area contributed by atoms with E-state index in [1.54, 1.807) is 34.6 Å². The van der Waals surface area contributed by atoms with Crippen LogP contribution in [-0.4, -0.2) is 34.6 Å². The molecular weight excluding hydrogens is 342 g/mol. The van der Waals surface area contributed by atoms with E-state index < -0.39 is 34.9 Å². The third-order valence-electron chi connectivity index (χ3n) is 4.54. The minimum atomic E-state index is -1.05. The summed E-state index contributed by atoms with van der Waals surface area (Å²) in [5.74, 6) is -2.25. The van der Waals surface area contributed by atoms with E-state index in [1.165, 1.54) is 11.0 Å². The van der Waals surface area contributed by atoms with Crippen LogP contribution in [0.25, 0.3) is 0 Å². The lowest BCUT2D eigenvalue weighted by Gasteiger charge is -2.35. The van der Waals surface area contributed by atoms with Gasteiger partial charge in [-0.2, -0.15) is 0 Å². The van der Waals surface area contributed by atoms with Gasteiger partial charge >= 0.3 is 6.09 Å². The molecule has 1 aliphatic heterocycles. The van der Waals surface area contributed by atoms with Gasteiger partial charge in [0.2, 0.25) is 5.91 Å². The first-order valence-electron chi connectivity index (χ1n) is 8.70. The van der Waals surface area contributed by atoms with Gasteiger partial charge in [0.1, 0.15) is 11.1 Å². The lowest BCUT2D eigenvalue weighted by Crippen LogP contribution is -2.56. The van der Waals surface area contributed by atoms with Crippen molar-refractivity contribution in [3.63, 3.8) is 0 Å². The van der Waals surface area contributed by atoms with Gasteiger partial charge in [0.15, 0.2) is 11.6 Å². The van der Waals surface area contributed by atoms with Crippen LogP contribution in [0.2, 0.25) is 0 Å². The summed E-state index contributed by atoms with van der Waals surface area (Å²) in [7, 11) is 0. The molecule has 1 aromatic rings. The maximum atomic E-state index is 13.4. The molecule has 0 radical (unpaired) electrons. The van der Waals surface area contributed by atoms with Crippen LogP contribution in [0, 0.1) is 11.6 Å². The van der Waals surface area contributed by atoms with E-state index in [0.29, 0.717) is 24.9 Å². The Bertz CT molecular complexity index is 703. The Morgan fingerprint density at radius 3 is 2.50 bits per heavy atom. The molecular formula is C19H26F2N2O3. The van der Waals surface area contributed by atoms with Gasteiger partial charge in [0.25, 0.3) is 0 Å². The molecule has 2 amide bonds. The predicted octanol–water partition coefficient (Wildman–Crippen LogP) is 3.93. The summed E-state index contributed by atoms with van der Waals surface area (Å²) in [5, 5.41) is 2.80. The van der Waals surface area contributed by atoms with Crippen molar-refractivity contribution in [2.24, 2.45) is 0 Å². The highest BCUT2D eigenvalue weighted by molar-refractivity contribution is 5.90. The van der Waals surface area contributed by atoms with Gasteiger partial charge in [-0.05, 0) is 65.2 Å². The van der Waals surface area contributed by atoms with Crippen molar-refractivity contribution in [2.75, 3.05) is 6.54 Å². The molecule has 0 bridgehead atoms. The van der Waals surface area contributed by atoms with Crippen LogP contribution in [0.4, 0.5) is 13.6 Å². The second-order valence-electron chi connectivity index (χ2n) is 7.88. The van der Waals surface area contributed by atoms with Crippen molar-refractivity contribution in [3.05, 3.63) is 35.4 Å². The highest BCUT2D eigenvalue weighted by atomic mass is 19.2. The molecule has 1 aliphatic rings. The largest absolute Gasteiger partial charge is 0.444 e. The van der Waals surface area contributed by atoms with Gasteiger partial charge in [0.05, 0.1) is 6.04 Å². The smallest absolute Gasteiger partial charge is 0.411 e. The van der Waals surface area contributed by atoms with Crippen LogP contribution >= 0.6 is 0 Å². The topological polar surface area (TPSA) is 58.6 Å². The monoisotopic (exact) mass is 368 g/mol. The summed E-state index contributed by atoms with van der Waals surface area (Å²) in [6, 6.07) is 2.97. The first kappa shape index (κ1) is 20.1. The average Bonchev–Trinajstić information content (AvgIpc) is 2.91. The quantitative estimate of drug-likeness (QED) is 0.879. The molecule has 1 aromatic carbocycles. The van der Waals surface area contributed by atoms with Gasteiger partial charge in [-0.3, -0.25) is 9.69 Å². The molecule has 0 spiro atoms. The summed E-state index contributed by atoms with van der Waals surface area (Å²) in [6.07, 6.45) is 0.652. The number of hydrogen-bond donors (Lipinski definition) is 1. The summed E-state index contributed by atoms with van der Waals surface area (Å²) in [6.45, 7) is 9.10. The van der Waals surface area contributed by atoms with Gasteiger partial charge in [-0.15, -0.1) is 0 Å². The Morgan fingerprint density at radius 1 is 1.27 bits per heavy atom. The van der Waals surface area contributed by atoms with Crippen LogP contribution in [0.5, 0.6) is 0 Å². The van der Waals surface area contributed by atoms with Gasteiger partial charge in [-0.25, -0.2) is 13.6 Å². The molecule has 1 saturated heterocycles. The fourth-order valence-corrected chi connectivity index (χ4v) is 3.03. The van der Waals surface area contributed by atoms with Crippen LogP contribution in [0.15, 0.2) is 18.2 Å². The number of rotatable bonds is 3. The Balaban J connectivity index is 2.13. The van der Waals surface area contributed by atoms with Crippen molar-refractivity contribution in [3.8, 4) is 0 Å². The molecule has 144 valence electrons. The normalized spacial score (nSPS) is 21.4. The summed E-state index contributed by atoms with van der Waals surface area (Å²) >= 11 is 0. The maximum absolute atomic E-state index is 13.4. The zero-order valence-electron chi connectivity index (χ0n) is 15.9. The number of amides is 2. The molecule has 1 N–H and O–H groups in total. The fourth-order valence-electron chi connectivity index (χ4n) is 3.03. The Labute approximate surface area is 152 Å². The molecule has 1 fully saturated rings. The third kappa shape index (κ3) is 4.31. The number of hydrogen-bond acceptors (Lipinski definition) is 3. The van der Waals surface area contributed by atoms with Gasteiger partial charge in [-0.1, -0.05) is 6.07 Å². The Hall–Kier alpha value is -2.18. The fraction of sp³-hybridized carbons (Fsp3) is 0.579. The summed E-state index contributed by atoms with van der Waals surface area (Å²) in [4.78, 5) is 26.7. The number of ether oxygens (including phenoxy) is 1. The Morgan fingerprint density at radius 2 is 1.92 bits per heavy atom. The van der Waals surface area contributed by atoms with Crippen LogP contribution in [0.1, 0.15) is 59.1 Å². The highest BCUT2D eigenvalue weighted by Gasteiger charge is 2.47. The predicted molar refractivity (Wildman–Crippen MR) is 93.5 cm³/mol. The first-order valence-corrected chi connectivity index (χ1v) is 8.70. The highest BCUT2D eigenvalue weighted by Crippen LogP contribution is 2.31. The summed E-state index contributed by atoms with van der Waals surface area (Å²) < 4.78 is 31.9. The van der Waals surface area contributed by atoms with E-state index in [4.69, 9.17) is 4.74 Å². The second-order valence-corrected chi connectivity index (χ2v) is 7.88. The number of likely N-dealkylation sites (tertiary alicyclic amines) is 1. The van der Waals surface area contributed by atoms with Crippen LogP contribution < -0.4 is 5.32 Å². The van der Waals surface area contributed by atoms with Crippen LogP contribution in [0.3, 0.4) is 0 Å². The molecule has 26 heavy (non-hydrogen) atoms. The molecule has 0 saturated carbocycles. The standard InChI is InChI=1S/C19H26F2N2O3/c1-12(13-7-8-14(20)15(21)11-13)22-16(24)19(5)9-6-10-23(19)17(25)26-18(2,3)4/h7-8,11-12H,6,9-10H2,1-5H3,(H,22,24)/t12-,19-/m0/s1. The van der Waals surface area contributed by atoms with E-state index in [1.807, 2.05) is 0 Å². The van der Waals surface area contributed by atoms with Crippen molar-refractivity contribution in [1.82, 2.24) is 10.2 Å². The summed E-state index contributed by atoms with van der Waals surface area (Å²) in [5.41, 5.74) is -1.26. The third-order valence-corrected chi connectivity index (χ3v) is 4.54. The lowest BCUT2D eigenvalue weighted by molar-refractivity contribution is -0.131. The number of carbonyl (C=O) groups is 2. The minimum absolute atomic E-state index is 0.349. The van der Waals surface area contributed by atoms with E-state index in [9.17, 15) is 18.4 Å². The van der Waals surface area contributed by atoms with E-state index >= 15 is 0 Å². The number of nitrogens with one attached hydrogen (secondary N) is 1. The van der Waals surface area contributed by atoms with Crippen molar-refractivity contribution in [2.45, 2.75) is 64.6 Å². The van der Waals surface area contributed by atoms with Gasteiger partial charge < -0.3 is 10.1 Å². The zero-order valence-corrected chi connectivity index (χ0v) is 15.9. The number of benzene rings is 1. The van der Waals surface area contributed by atoms with E-state index in [-0.39, 0.29) is 5.91 Å². The SMILES string of the molecule is C[C@H](NC(=O)[C@]1(C)CCCN1C(=O)OC(C)(C)C)c1ccc(F)c(F)c1. The lowest BCUT2D eigenvalue weighted by atomic mass is 9.96. The van der Waals surface area contributed by atoms with Crippen molar-refractivity contribution < 1.29 is 23.1 Å². The first-order chi connectivity index (χ1) is 11.9. The minimum Gasteiger partial charge on any atom is -0.444 e.